The van der Waals surface area contributed by atoms with Crippen molar-refractivity contribution in [3.63, 3.8) is 0 Å². The van der Waals surface area contributed by atoms with E-state index in [-0.39, 0.29) is 29.6 Å². The molecule has 1 saturated heterocycles. The van der Waals surface area contributed by atoms with Crippen LogP contribution in [0, 0.1) is 0 Å². The van der Waals surface area contributed by atoms with Gasteiger partial charge in [-0.3, -0.25) is 4.79 Å². The topological polar surface area (TPSA) is 102 Å². The fourth-order valence-electron chi connectivity index (χ4n) is 4.20. The molecule has 1 atom stereocenters. The molecular formula is C23H25N3O6S. The molecule has 0 N–H and O–H groups in total. The van der Waals surface area contributed by atoms with Crippen LogP contribution in [0.5, 0.6) is 11.5 Å². The number of sulfonamides is 1. The second-order valence-corrected chi connectivity index (χ2v) is 10.4. The maximum atomic E-state index is 13.3. The van der Waals surface area contributed by atoms with Gasteiger partial charge in [0.25, 0.3) is 5.91 Å². The molecule has 3 heterocycles. The summed E-state index contributed by atoms with van der Waals surface area (Å²) in [6, 6.07) is 11.7. The monoisotopic (exact) mass is 471 g/mol. The maximum absolute atomic E-state index is 13.3. The molecule has 1 aromatic heterocycles. The number of aromatic nitrogens is 1. The summed E-state index contributed by atoms with van der Waals surface area (Å²) in [6.45, 7) is 1.69. The molecule has 9 nitrogen and oxygen atoms in total. The van der Waals surface area contributed by atoms with Gasteiger partial charge in [0.05, 0.1) is 16.8 Å². The van der Waals surface area contributed by atoms with E-state index >= 15 is 0 Å². The van der Waals surface area contributed by atoms with Gasteiger partial charge in [0.2, 0.25) is 10.0 Å². The third kappa shape index (κ3) is 4.16. The summed E-state index contributed by atoms with van der Waals surface area (Å²) in [5.41, 5.74) is 0.518. The summed E-state index contributed by atoms with van der Waals surface area (Å²) < 4.78 is 44.7. The molecule has 2 aliphatic heterocycles. The Kier molecular flexibility index (Phi) is 5.71. The number of hydrogen-bond acceptors (Lipinski definition) is 7. The van der Waals surface area contributed by atoms with Crippen molar-refractivity contribution in [3.8, 4) is 11.5 Å². The molecule has 0 unspecified atom stereocenters. The number of fused-ring (bicyclic) bond motifs is 2. The second-order valence-electron chi connectivity index (χ2n) is 8.33. The van der Waals surface area contributed by atoms with Gasteiger partial charge >= 0.3 is 0 Å². The largest absolute Gasteiger partial charge is 0.486 e. The highest BCUT2D eigenvalue weighted by Crippen LogP contribution is 2.32. The molecule has 0 saturated carbocycles. The van der Waals surface area contributed by atoms with Crippen molar-refractivity contribution < 1.29 is 27.2 Å². The Morgan fingerprint density at radius 2 is 1.88 bits per heavy atom. The summed E-state index contributed by atoms with van der Waals surface area (Å²) in [6.07, 6.45) is 2.54. The molecular weight excluding hydrogens is 446 g/mol. The van der Waals surface area contributed by atoms with Crippen molar-refractivity contribution in [1.29, 1.82) is 0 Å². The number of piperidine rings is 1. The van der Waals surface area contributed by atoms with E-state index in [2.05, 4.69) is 5.16 Å². The molecule has 0 spiro atoms. The lowest BCUT2D eigenvalue weighted by Gasteiger charge is -2.29. The van der Waals surface area contributed by atoms with Crippen LogP contribution in [0.25, 0.3) is 11.0 Å². The van der Waals surface area contributed by atoms with Crippen LogP contribution in [0.15, 0.2) is 51.9 Å². The zero-order chi connectivity index (χ0) is 23.0. The highest BCUT2D eigenvalue weighted by Gasteiger charge is 2.30. The molecule has 10 heteroatoms. The number of carbonyl (C=O) groups excluding carboxylic acids is 1. The van der Waals surface area contributed by atoms with Gasteiger partial charge < -0.3 is 18.9 Å². The van der Waals surface area contributed by atoms with Crippen LogP contribution in [0.3, 0.4) is 0 Å². The van der Waals surface area contributed by atoms with Gasteiger partial charge in [0.15, 0.2) is 22.8 Å². The van der Waals surface area contributed by atoms with Crippen molar-refractivity contribution in [2.75, 3.05) is 33.3 Å². The lowest BCUT2D eigenvalue weighted by Crippen LogP contribution is -2.41. The van der Waals surface area contributed by atoms with Gasteiger partial charge in [-0.05, 0) is 49.6 Å². The van der Waals surface area contributed by atoms with Crippen LogP contribution < -0.4 is 9.47 Å². The average molecular weight is 472 g/mol. The second kappa shape index (κ2) is 8.68. The number of likely N-dealkylation sites (N-methyl/N-ethyl adjacent to an activating group) is 1. The molecule has 0 aliphatic carbocycles. The Morgan fingerprint density at radius 3 is 2.67 bits per heavy atom. The maximum Gasteiger partial charge on any atom is 0.276 e. The minimum atomic E-state index is -3.85. The molecule has 0 bridgehead atoms. The number of ether oxygens (including phenoxy) is 2. The molecule has 2 aromatic carbocycles. The molecule has 1 fully saturated rings. The summed E-state index contributed by atoms with van der Waals surface area (Å²) in [5, 5.41) is 4.34. The van der Waals surface area contributed by atoms with Gasteiger partial charge in [-0.2, -0.15) is 4.31 Å². The quantitative estimate of drug-likeness (QED) is 0.564. The molecule has 1 amide bonds. The first kappa shape index (κ1) is 21.7. The molecule has 33 heavy (non-hydrogen) atoms. The van der Waals surface area contributed by atoms with Crippen LogP contribution >= 0.6 is 0 Å². The Labute approximate surface area is 191 Å². The Balaban J connectivity index is 1.37. The first-order chi connectivity index (χ1) is 15.9. The predicted octanol–water partition coefficient (Wildman–Crippen LogP) is 2.91. The number of rotatable bonds is 5. The SMILES string of the molecule is CN(C[C@H]1COc2ccccc2O1)S(=O)(=O)c1ccc2onc(C(=O)N3CCCCC3)c2c1. The van der Waals surface area contributed by atoms with Gasteiger partial charge in [-0.25, -0.2) is 8.42 Å². The average Bonchev–Trinajstić information content (AvgIpc) is 3.27. The van der Waals surface area contributed by atoms with Crippen LogP contribution in [-0.4, -0.2) is 68.1 Å². The zero-order valence-electron chi connectivity index (χ0n) is 18.3. The Hall–Kier alpha value is -3.11. The molecule has 5 rings (SSSR count). The van der Waals surface area contributed by atoms with E-state index in [1.165, 1.54) is 29.6 Å². The normalized spacial score (nSPS) is 18.6. The Morgan fingerprint density at radius 1 is 1.12 bits per heavy atom. The van der Waals surface area contributed by atoms with Crippen molar-refractivity contribution in [3.05, 3.63) is 48.2 Å². The third-order valence-electron chi connectivity index (χ3n) is 6.02. The summed E-state index contributed by atoms with van der Waals surface area (Å²) in [4.78, 5) is 14.7. The van der Waals surface area contributed by atoms with Crippen molar-refractivity contribution in [1.82, 2.24) is 14.4 Å². The van der Waals surface area contributed by atoms with E-state index in [9.17, 15) is 13.2 Å². The van der Waals surface area contributed by atoms with E-state index in [0.717, 1.165) is 19.3 Å². The molecule has 174 valence electrons. The zero-order valence-corrected chi connectivity index (χ0v) is 19.1. The van der Waals surface area contributed by atoms with Crippen LogP contribution in [0.4, 0.5) is 0 Å². The minimum Gasteiger partial charge on any atom is -0.486 e. The van der Waals surface area contributed by atoms with E-state index in [1.54, 1.807) is 11.0 Å². The van der Waals surface area contributed by atoms with Gasteiger partial charge in [-0.15, -0.1) is 0 Å². The number of nitrogens with zero attached hydrogens (tertiary/aromatic N) is 3. The smallest absolute Gasteiger partial charge is 0.276 e. The van der Waals surface area contributed by atoms with Crippen molar-refractivity contribution in [2.24, 2.45) is 0 Å². The standard InChI is InChI=1S/C23H25N3O6S/c1-25(14-16-15-30-20-7-3-4-8-21(20)31-16)33(28,29)17-9-10-19-18(13-17)22(24-32-19)23(27)26-11-5-2-6-12-26/h3-4,7-10,13,16H,2,5-6,11-12,14-15H2,1H3/t16-/m0/s1. The molecule has 0 radical (unpaired) electrons. The highest BCUT2D eigenvalue weighted by molar-refractivity contribution is 7.89. The first-order valence-corrected chi connectivity index (χ1v) is 12.4. The number of hydrogen-bond donors (Lipinski definition) is 0. The van der Waals surface area contributed by atoms with Crippen molar-refractivity contribution >= 4 is 26.9 Å². The summed E-state index contributed by atoms with van der Waals surface area (Å²) in [7, 11) is -2.35. The molecule has 3 aromatic rings. The lowest BCUT2D eigenvalue weighted by atomic mass is 10.1. The van der Waals surface area contributed by atoms with Gasteiger partial charge in [-0.1, -0.05) is 17.3 Å². The fraction of sp³-hybridized carbons (Fsp3) is 0.391. The number of amides is 1. The van der Waals surface area contributed by atoms with Gasteiger partial charge in [0.1, 0.15) is 12.7 Å². The number of para-hydroxylation sites is 2. The number of carbonyl (C=O) groups is 1. The highest BCUT2D eigenvalue weighted by atomic mass is 32.2. The van der Waals surface area contributed by atoms with E-state index < -0.39 is 16.1 Å². The Bertz CT molecular complexity index is 1280. The van der Waals surface area contributed by atoms with Crippen molar-refractivity contribution in [2.45, 2.75) is 30.3 Å². The third-order valence-corrected chi connectivity index (χ3v) is 7.84. The predicted molar refractivity (Wildman–Crippen MR) is 120 cm³/mol. The van der Waals surface area contributed by atoms with E-state index in [0.29, 0.717) is 35.6 Å². The summed E-state index contributed by atoms with van der Waals surface area (Å²) in [5.74, 6) is 0.997. The van der Waals surface area contributed by atoms with Gasteiger partial charge in [0, 0.05) is 20.1 Å². The van der Waals surface area contributed by atoms with Crippen LogP contribution in [0.1, 0.15) is 29.8 Å². The lowest BCUT2D eigenvalue weighted by molar-refractivity contribution is 0.0715. The first-order valence-electron chi connectivity index (χ1n) is 11.0. The van der Waals surface area contributed by atoms with Crippen LogP contribution in [-0.2, 0) is 10.0 Å². The van der Waals surface area contributed by atoms with E-state index in [4.69, 9.17) is 14.0 Å². The van der Waals surface area contributed by atoms with E-state index in [1.807, 2.05) is 18.2 Å². The number of benzene rings is 2. The van der Waals surface area contributed by atoms with Crippen LogP contribution in [0.2, 0.25) is 0 Å². The summed E-state index contributed by atoms with van der Waals surface area (Å²) >= 11 is 0. The number of likely N-dealkylation sites (tertiary alicyclic amines) is 1. The molecule has 2 aliphatic rings. The minimum absolute atomic E-state index is 0.0607. The fourth-order valence-corrected chi connectivity index (χ4v) is 5.43.